The third kappa shape index (κ3) is 4.06. The van der Waals surface area contributed by atoms with Crippen LogP contribution in [0, 0.1) is 0 Å². The standard InChI is InChI=1S/C20H19ClN2O3/c1-2-10-23-11-9-16-17(20(23)25)7-4-8-18(16)26-13-19(24)22-15-6-3-5-14(21)12-15/h3-9,11-12H,2,10,13H2,1H3,(H,22,24). The molecule has 0 spiro atoms. The Bertz CT molecular complexity index is 998. The van der Waals surface area contributed by atoms with Crippen molar-refractivity contribution in [1.82, 2.24) is 4.57 Å². The smallest absolute Gasteiger partial charge is 0.262 e. The average molecular weight is 371 g/mol. The molecule has 0 saturated carbocycles. The van der Waals surface area contributed by atoms with Crippen LogP contribution in [0.3, 0.4) is 0 Å². The van der Waals surface area contributed by atoms with E-state index in [0.29, 0.717) is 33.8 Å². The molecule has 1 aromatic heterocycles. The number of halogens is 1. The quantitative estimate of drug-likeness (QED) is 0.711. The van der Waals surface area contributed by atoms with Crippen molar-refractivity contribution < 1.29 is 9.53 Å². The van der Waals surface area contributed by atoms with Gasteiger partial charge in [0.15, 0.2) is 6.61 Å². The van der Waals surface area contributed by atoms with Crippen molar-refractivity contribution in [3.8, 4) is 5.75 Å². The molecular formula is C20H19ClN2O3. The monoisotopic (exact) mass is 370 g/mol. The number of fused-ring (bicyclic) bond motifs is 1. The lowest BCUT2D eigenvalue weighted by Crippen LogP contribution is -2.21. The van der Waals surface area contributed by atoms with Gasteiger partial charge in [-0.2, -0.15) is 0 Å². The number of pyridine rings is 1. The minimum Gasteiger partial charge on any atom is -0.483 e. The van der Waals surface area contributed by atoms with Crippen LogP contribution in [0.25, 0.3) is 10.8 Å². The summed E-state index contributed by atoms with van der Waals surface area (Å²) in [7, 11) is 0. The Balaban J connectivity index is 1.75. The fourth-order valence-corrected chi connectivity index (χ4v) is 2.93. The summed E-state index contributed by atoms with van der Waals surface area (Å²) in [5, 5.41) is 4.54. The number of rotatable bonds is 6. The van der Waals surface area contributed by atoms with E-state index in [2.05, 4.69) is 5.32 Å². The average Bonchev–Trinajstić information content (AvgIpc) is 2.62. The van der Waals surface area contributed by atoms with E-state index in [1.165, 1.54) is 0 Å². The number of nitrogens with zero attached hydrogens (tertiary/aromatic N) is 1. The largest absolute Gasteiger partial charge is 0.483 e. The SMILES string of the molecule is CCCn1ccc2c(OCC(=O)Nc3cccc(Cl)c3)cccc2c1=O. The minimum atomic E-state index is -0.302. The van der Waals surface area contributed by atoms with Gasteiger partial charge in [-0.15, -0.1) is 0 Å². The highest BCUT2D eigenvalue weighted by Gasteiger charge is 2.09. The molecule has 6 heteroatoms. The van der Waals surface area contributed by atoms with Crippen LogP contribution in [0.1, 0.15) is 13.3 Å². The number of anilines is 1. The van der Waals surface area contributed by atoms with Crippen LogP contribution >= 0.6 is 11.6 Å². The van der Waals surface area contributed by atoms with Crippen LogP contribution in [0.5, 0.6) is 5.75 Å². The Morgan fingerprint density at radius 2 is 1.96 bits per heavy atom. The number of carbonyl (C=O) groups excluding carboxylic acids is 1. The fourth-order valence-electron chi connectivity index (χ4n) is 2.74. The summed E-state index contributed by atoms with van der Waals surface area (Å²) in [6, 6.07) is 14.0. The highest BCUT2D eigenvalue weighted by Crippen LogP contribution is 2.23. The number of hydrogen-bond donors (Lipinski definition) is 1. The van der Waals surface area contributed by atoms with Crippen molar-refractivity contribution in [2.24, 2.45) is 0 Å². The normalized spacial score (nSPS) is 10.7. The van der Waals surface area contributed by atoms with E-state index in [9.17, 15) is 9.59 Å². The van der Waals surface area contributed by atoms with E-state index in [1.54, 1.807) is 53.2 Å². The number of ether oxygens (including phenoxy) is 1. The van der Waals surface area contributed by atoms with Gasteiger partial charge in [0.2, 0.25) is 0 Å². The molecule has 0 unspecified atom stereocenters. The Labute approximate surface area is 156 Å². The predicted molar refractivity (Wildman–Crippen MR) is 104 cm³/mol. The van der Waals surface area contributed by atoms with Gasteiger partial charge in [0.25, 0.3) is 11.5 Å². The summed E-state index contributed by atoms with van der Waals surface area (Å²) in [4.78, 5) is 24.6. The number of aromatic nitrogens is 1. The molecule has 3 rings (SSSR count). The number of amides is 1. The Hall–Kier alpha value is -2.79. The van der Waals surface area contributed by atoms with Gasteiger partial charge in [0, 0.05) is 28.8 Å². The van der Waals surface area contributed by atoms with Crippen LogP contribution < -0.4 is 15.6 Å². The highest BCUT2D eigenvalue weighted by molar-refractivity contribution is 6.30. The van der Waals surface area contributed by atoms with Gasteiger partial charge in [0.1, 0.15) is 5.75 Å². The lowest BCUT2D eigenvalue weighted by atomic mass is 10.1. The third-order valence-electron chi connectivity index (χ3n) is 3.91. The van der Waals surface area contributed by atoms with E-state index in [-0.39, 0.29) is 18.1 Å². The maximum absolute atomic E-state index is 12.5. The summed E-state index contributed by atoms with van der Waals surface area (Å²) < 4.78 is 7.32. The van der Waals surface area contributed by atoms with Gasteiger partial charge >= 0.3 is 0 Å². The van der Waals surface area contributed by atoms with Crippen LogP contribution in [-0.4, -0.2) is 17.1 Å². The van der Waals surface area contributed by atoms with E-state index < -0.39 is 0 Å². The van der Waals surface area contributed by atoms with E-state index in [1.807, 2.05) is 13.0 Å². The molecule has 0 atom stereocenters. The van der Waals surface area contributed by atoms with Crippen molar-refractivity contribution in [1.29, 1.82) is 0 Å². The van der Waals surface area contributed by atoms with Crippen molar-refractivity contribution >= 4 is 34.0 Å². The first-order valence-electron chi connectivity index (χ1n) is 8.39. The lowest BCUT2D eigenvalue weighted by Gasteiger charge is -2.11. The number of aryl methyl sites for hydroxylation is 1. The Morgan fingerprint density at radius 1 is 1.15 bits per heavy atom. The predicted octanol–water partition coefficient (Wildman–Crippen LogP) is 4.08. The third-order valence-corrected chi connectivity index (χ3v) is 4.15. The second-order valence-corrected chi connectivity index (χ2v) is 6.32. The Kier molecular flexibility index (Phi) is 5.58. The Morgan fingerprint density at radius 3 is 2.73 bits per heavy atom. The zero-order valence-electron chi connectivity index (χ0n) is 14.4. The molecule has 0 fully saturated rings. The molecule has 0 bridgehead atoms. The molecule has 0 aliphatic rings. The first-order chi connectivity index (χ1) is 12.6. The second kappa shape index (κ2) is 8.06. The van der Waals surface area contributed by atoms with E-state index in [4.69, 9.17) is 16.3 Å². The van der Waals surface area contributed by atoms with Gasteiger partial charge in [-0.1, -0.05) is 30.7 Å². The van der Waals surface area contributed by atoms with Gasteiger partial charge in [-0.25, -0.2) is 0 Å². The van der Waals surface area contributed by atoms with Crippen molar-refractivity contribution in [3.05, 3.63) is 70.1 Å². The first kappa shape index (κ1) is 18.0. The molecule has 0 saturated heterocycles. The molecule has 1 heterocycles. The van der Waals surface area contributed by atoms with Crippen LogP contribution in [0.4, 0.5) is 5.69 Å². The zero-order chi connectivity index (χ0) is 18.5. The van der Waals surface area contributed by atoms with E-state index in [0.717, 1.165) is 6.42 Å². The minimum absolute atomic E-state index is 0.0572. The number of carbonyl (C=O) groups is 1. The van der Waals surface area contributed by atoms with Gasteiger partial charge < -0.3 is 14.6 Å². The molecule has 26 heavy (non-hydrogen) atoms. The van der Waals surface area contributed by atoms with Crippen LogP contribution in [-0.2, 0) is 11.3 Å². The summed E-state index contributed by atoms with van der Waals surface area (Å²) in [5.41, 5.74) is 0.546. The van der Waals surface area contributed by atoms with Crippen LogP contribution in [0.2, 0.25) is 5.02 Å². The summed E-state index contributed by atoms with van der Waals surface area (Å²) in [6.07, 6.45) is 2.64. The van der Waals surface area contributed by atoms with Crippen molar-refractivity contribution in [3.63, 3.8) is 0 Å². The molecule has 0 aliphatic carbocycles. The molecular weight excluding hydrogens is 352 g/mol. The second-order valence-electron chi connectivity index (χ2n) is 5.88. The summed E-state index contributed by atoms with van der Waals surface area (Å²) >= 11 is 5.90. The maximum Gasteiger partial charge on any atom is 0.262 e. The number of hydrogen-bond acceptors (Lipinski definition) is 3. The van der Waals surface area contributed by atoms with Gasteiger partial charge in [-0.3, -0.25) is 9.59 Å². The zero-order valence-corrected chi connectivity index (χ0v) is 15.1. The molecule has 2 aromatic carbocycles. The molecule has 0 radical (unpaired) electrons. The van der Waals surface area contributed by atoms with Crippen LogP contribution in [0.15, 0.2) is 59.5 Å². The van der Waals surface area contributed by atoms with E-state index >= 15 is 0 Å². The molecule has 134 valence electrons. The van der Waals surface area contributed by atoms with Crippen molar-refractivity contribution in [2.45, 2.75) is 19.9 Å². The van der Waals surface area contributed by atoms with Gasteiger partial charge in [0.05, 0.1) is 5.39 Å². The molecule has 3 aromatic rings. The topological polar surface area (TPSA) is 60.3 Å². The highest BCUT2D eigenvalue weighted by atomic mass is 35.5. The molecule has 5 nitrogen and oxygen atoms in total. The number of benzene rings is 2. The molecule has 1 N–H and O–H groups in total. The molecule has 0 aliphatic heterocycles. The van der Waals surface area contributed by atoms with Crippen molar-refractivity contribution in [2.75, 3.05) is 11.9 Å². The first-order valence-corrected chi connectivity index (χ1v) is 8.76. The number of nitrogens with one attached hydrogen (secondary N) is 1. The fraction of sp³-hybridized carbons (Fsp3) is 0.200. The summed E-state index contributed by atoms with van der Waals surface area (Å²) in [6.45, 7) is 2.53. The van der Waals surface area contributed by atoms with Gasteiger partial charge in [-0.05, 0) is 42.8 Å². The summed E-state index contributed by atoms with van der Waals surface area (Å²) in [5.74, 6) is 0.202. The maximum atomic E-state index is 12.5. The lowest BCUT2D eigenvalue weighted by molar-refractivity contribution is -0.118. The molecule has 1 amide bonds.